The van der Waals surface area contributed by atoms with Gasteiger partial charge in [0, 0.05) is 17.1 Å². The zero-order valence-corrected chi connectivity index (χ0v) is 15.4. The van der Waals surface area contributed by atoms with Crippen LogP contribution in [0, 0.1) is 0 Å². The maximum Gasteiger partial charge on any atom is 0.255 e. The topological polar surface area (TPSA) is 84.5 Å². The van der Waals surface area contributed by atoms with Crippen molar-refractivity contribution in [2.75, 3.05) is 18.5 Å². The lowest BCUT2D eigenvalue weighted by atomic mass is 10.2. The Bertz CT molecular complexity index is 851. The third kappa shape index (κ3) is 4.94. The van der Waals surface area contributed by atoms with Crippen LogP contribution in [0.2, 0.25) is 5.02 Å². The van der Waals surface area contributed by atoms with Gasteiger partial charge in [0.2, 0.25) is 10.0 Å². The lowest BCUT2D eigenvalue weighted by Gasteiger charge is -2.12. The van der Waals surface area contributed by atoms with E-state index in [9.17, 15) is 13.2 Å². The predicted molar refractivity (Wildman–Crippen MR) is 97.9 cm³/mol. The highest BCUT2D eigenvalue weighted by Crippen LogP contribution is 2.28. The van der Waals surface area contributed by atoms with Crippen LogP contribution in [0.3, 0.4) is 0 Å². The van der Waals surface area contributed by atoms with Crippen LogP contribution in [0.4, 0.5) is 5.69 Å². The molecule has 0 saturated heterocycles. The highest BCUT2D eigenvalue weighted by Gasteiger charge is 2.15. The fourth-order valence-electron chi connectivity index (χ4n) is 2.13. The minimum atomic E-state index is -3.55. The SMILES string of the molecule is CCNS(=O)(=O)c1ccc(C(=O)Nc2cc(Cl)ccc2OCC)cc1. The summed E-state index contributed by atoms with van der Waals surface area (Å²) in [4.78, 5) is 12.5. The molecule has 0 spiro atoms. The molecule has 25 heavy (non-hydrogen) atoms. The number of halogens is 1. The molecule has 0 saturated carbocycles. The number of hydrogen-bond donors (Lipinski definition) is 2. The summed E-state index contributed by atoms with van der Waals surface area (Å²) in [7, 11) is -3.55. The summed E-state index contributed by atoms with van der Waals surface area (Å²) in [6, 6.07) is 10.6. The smallest absolute Gasteiger partial charge is 0.255 e. The van der Waals surface area contributed by atoms with Crippen molar-refractivity contribution in [2.45, 2.75) is 18.7 Å². The molecule has 0 aliphatic rings. The molecule has 0 aromatic heterocycles. The van der Waals surface area contributed by atoms with Crippen LogP contribution in [0.5, 0.6) is 5.75 Å². The number of benzene rings is 2. The molecule has 0 aliphatic heterocycles. The van der Waals surface area contributed by atoms with E-state index in [1.807, 2.05) is 6.92 Å². The minimum Gasteiger partial charge on any atom is -0.492 e. The lowest BCUT2D eigenvalue weighted by Crippen LogP contribution is -2.23. The van der Waals surface area contributed by atoms with Gasteiger partial charge in [0.25, 0.3) is 5.91 Å². The molecule has 0 bridgehead atoms. The standard InChI is InChI=1S/C17H19ClN2O4S/c1-3-19-25(22,23)14-8-5-12(6-9-14)17(21)20-15-11-13(18)7-10-16(15)24-4-2/h5-11,19H,3-4H2,1-2H3,(H,20,21). The average Bonchev–Trinajstić information content (AvgIpc) is 2.57. The highest BCUT2D eigenvalue weighted by molar-refractivity contribution is 7.89. The van der Waals surface area contributed by atoms with Crippen LogP contribution in [0.15, 0.2) is 47.4 Å². The van der Waals surface area contributed by atoms with Gasteiger partial charge in [0.15, 0.2) is 0 Å². The first kappa shape index (κ1) is 19.2. The van der Waals surface area contributed by atoms with Crippen molar-refractivity contribution in [3.8, 4) is 5.75 Å². The zero-order valence-electron chi connectivity index (χ0n) is 13.9. The van der Waals surface area contributed by atoms with E-state index in [1.54, 1.807) is 25.1 Å². The molecule has 8 heteroatoms. The van der Waals surface area contributed by atoms with E-state index in [-0.39, 0.29) is 4.90 Å². The maximum absolute atomic E-state index is 12.4. The molecule has 2 rings (SSSR count). The van der Waals surface area contributed by atoms with E-state index in [0.717, 1.165) is 0 Å². The summed E-state index contributed by atoms with van der Waals surface area (Å²) in [5.41, 5.74) is 0.765. The van der Waals surface area contributed by atoms with Crippen LogP contribution < -0.4 is 14.8 Å². The Morgan fingerprint density at radius 3 is 2.40 bits per heavy atom. The number of hydrogen-bond acceptors (Lipinski definition) is 4. The molecular formula is C17H19ClN2O4S. The molecule has 6 nitrogen and oxygen atoms in total. The van der Waals surface area contributed by atoms with E-state index in [4.69, 9.17) is 16.3 Å². The molecule has 2 N–H and O–H groups in total. The van der Waals surface area contributed by atoms with Gasteiger partial charge in [-0.05, 0) is 49.4 Å². The second kappa shape index (κ2) is 8.33. The molecular weight excluding hydrogens is 364 g/mol. The fourth-order valence-corrected chi connectivity index (χ4v) is 3.35. The van der Waals surface area contributed by atoms with Crippen molar-refractivity contribution >= 4 is 33.2 Å². The maximum atomic E-state index is 12.4. The van der Waals surface area contributed by atoms with Crippen molar-refractivity contribution in [1.82, 2.24) is 4.72 Å². The molecule has 0 atom stereocenters. The van der Waals surface area contributed by atoms with Crippen molar-refractivity contribution in [3.05, 3.63) is 53.1 Å². The number of ether oxygens (including phenoxy) is 1. The fraction of sp³-hybridized carbons (Fsp3) is 0.235. The van der Waals surface area contributed by atoms with Crippen LogP contribution >= 0.6 is 11.6 Å². The summed E-state index contributed by atoms with van der Waals surface area (Å²) in [5, 5.41) is 3.19. The molecule has 134 valence electrons. The van der Waals surface area contributed by atoms with Gasteiger partial charge in [-0.15, -0.1) is 0 Å². The normalized spacial score (nSPS) is 11.2. The second-order valence-corrected chi connectivity index (χ2v) is 7.26. The van der Waals surface area contributed by atoms with Gasteiger partial charge in [-0.2, -0.15) is 0 Å². The Morgan fingerprint density at radius 1 is 1.12 bits per heavy atom. The molecule has 0 radical (unpaired) electrons. The third-order valence-corrected chi connectivity index (χ3v) is 5.05. The van der Waals surface area contributed by atoms with Gasteiger partial charge in [-0.1, -0.05) is 18.5 Å². The Labute approximate surface area is 152 Å². The molecule has 2 aromatic carbocycles. The molecule has 1 amide bonds. The number of amides is 1. The van der Waals surface area contributed by atoms with E-state index in [1.165, 1.54) is 24.3 Å². The quantitative estimate of drug-likeness (QED) is 0.769. The Hall–Kier alpha value is -2.09. The van der Waals surface area contributed by atoms with Crippen molar-refractivity contribution in [3.63, 3.8) is 0 Å². The number of nitrogens with one attached hydrogen (secondary N) is 2. The van der Waals surface area contributed by atoms with Crippen molar-refractivity contribution in [1.29, 1.82) is 0 Å². The molecule has 0 unspecified atom stereocenters. The first-order valence-corrected chi connectivity index (χ1v) is 9.57. The van der Waals surface area contributed by atoms with Gasteiger partial charge < -0.3 is 10.1 Å². The number of sulfonamides is 1. The number of anilines is 1. The largest absolute Gasteiger partial charge is 0.492 e. The summed E-state index contributed by atoms with van der Waals surface area (Å²) in [5.74, 6) is 0.113. The number of rotatable bonds is 7. The van der Waals surface area contributed by atoms with Crippen molar-refractivity contribution < 1.29 is 17.9 Å². The van der Waals surface area contributed by atoms with Crippen molar-refractivity contribution in [2.24, 2.45) is 0 Å². The van der Waals surface area contributed by atoms with Gasteiger partial charge in [0.05, 0.1) is 17.2 Å². The summed E-state index contributed by atoms with van der Waals surface area (Å²) in [6.07, 6.45) is 0. The van der Waals surface area contributed by atoms with Crippen LogP contribution in [-0.4, -0.2) is 27.5 Å². The van der Waals surface area contributed by atoms with Gasteiger partial charge >= 0.3 is 0 Å². The average molecular weight is 383 g/mol. The lowest BCUT2D eigenvalue weighted by molar-refractivity contribution is 0.102. The molecule has 0 fully saturated rings. The third-order valence-electron chi connectivity index (χ3n) is 3.25. The first-order chi connectivity index (χ1) is 11.9. The molecule has 2 aromatic rings. The van der Waals surface area contributed by atoms with Gasteiger partial charge in [0.1, 0.15) is 5.75 Å². The van der Waals surface area contributed by atoms with E-state index in [2.05, 4.69) is 10.0 Å². The van der Waals surface area contributed by atoms with Gasteiger partial charge in [-0.3, -0.25) is 4.79 Å². The highest BCUT2D eigenvalue weighted by atomic mass is 35.5. The predicted octanol–water partition coefficient (Wildman–Crippen LogP) is 3.29. The molecule has 0 aliphatic carbocycles. The monoisotopic (exact) mass is 382 g/mol. The van der Waals surface area contributed by atoms with E-state index >= 15 is 0 Å². The summed E-state index contributed by atoms with van der Waals surface area (Å²) < 4.78 is 31.7. The number of carbonyl (C=O) groups is 1. The Balaban J connectivity index is 2.21. The zero-order chi connectivity index (χ0) is 18.4. The van der Waals surface area contributed by atoms with E-state index in [0.29, 0.717) is 35.2 Å². The molecule has 0 heterocycles. The van der Waals surface area contributed by atoms with Crippen LogP contribution in [-0.2, 0) is 10.0 Å². The van der Waals surface area contributed by atoms with Crippen LogP contribution in [0.1, 0.15) is 24.2 Å². The minimum absolute atomic E-state index is 0.101. The summed E-state index contributed by atoms with van der Waals surface area (Å²) >= 11 is 5.97. The van der Waals surface area contributed by atoms with E-state index < -0.39 is 15.9 Å². The Kier molecular flexibility index (Phi) is 6.41. The Morgan fingerprint density at radius 2 is 1.80 bits per heavy atom. The first-order valence-electron chi connectivity index (χ1n) is 7.70. The summed E-state index contributed by atoms with van der Waals surface area (Å²) in [6.45, 7) is 4.27. The number of carbonyl (C=O) groups excluding carboxylic acids is 1. The van der Waals surface area contributed by atoms with Gasteiger partial charge in [-0.25, -0.2) is 13.1 Å². The van der Waals surface area contributed by atoms with Crippen LogP contribution in [0.25, 0.3) is 0 Å². The second-order valence-electron chi connectivity index (χ2n) is 5.05.